The molecule has 33 heavy (non-hydrogen) atoms. The second-order valence-electron chi connectivity index (χ2n) is 7.58. The van der Waals surface area contributed by atoms with Crippen molar-refractivity contribution in [3.8, 4) is 0 Å². The SMILES string of the molecule is CCC(C(=O)NC)N(Cc1ccccc1)C(=O)CCCN(c1cc(Cl)ccc1Cl)S(C)(=O)=O. The van der Waals surface area contributed by atoms with Gasteiger partial charge in [-0.3, -0.25) is 13.9 Å². The maximum absolute atomic E-state index is 13.2. The van der Waals surface area contributed by atoms with Crippen LogP contribution in [-0.2, 0) is 26.2 Å². The molecule has 1 atom stereocenters. The van der Waals surface area contributed by atoms with Crippen molar-refractivity contribution in [2.45, 2.75) is 38.8 Å². The molecule has 2 rings (SSSR count). The minimum absolute atomic E-state index is 0.0422. The van der Waals surface area contributed by atoms with E-state index in [2.05, 4.69) is 5.32 Å². The third-order valence-electron chi connectivity index (χ3n) is 5.16. The highest BCUT2D eigenvalue weighted by atomic mass is 35.5. The molecule has 0 saturated carbocycles. The van der Waals surface area contributed by atoms with Crippen molar-refractivity contribution in [3.63, 3.8) is 0 Å². The zero-order valence-electron chi connectivity index (χ0n) is 18.9. The summed E-state index contributed by atoms with van der Waals surface area (Å²) in [4.78, 5) is 27.2. The average Bonchev–Trinajstić information content (AvgIpc) is 2.78. The fraction of sp³-hybridized carbons (Fsp3) is 0.391. The van der Waals surface area contributed by atoms with E-state index in [9.17, 15) is 18.0 Å². The van der Waals surface area contributed by atoms with Gasteiger partial charge in [0.05, 0.1) is 17.0 Å². The second kappa shape index (κ2) is 12.3. The summed E-state index contributed by atoms with van der Waals surface area (Å²) in [6, 6.07) is 13.4. The van der Waals surface area contributed by atoms with E-state index < -0.39 is 16.1 Å². The van der Waals surface area contributed by atoms with E-state index in [4.69, 9.17) is 23.2 Å². The number of likely N-dealkylation sites (N-methyl/N-ethyl adjacent to an activating group) is 1. The van der Waals surface area contributed by atoms with Gasteiger partial charge in [0.25, 0.3) is 0 Å². The summed E-state index contributed by atoms with van der Waals surface area (Å²) in [7, 11) is -2.12. The highest BCUT2D eigenvalue weighted by Gasteiger charge is 2.28. The van der Waals surface area contributed by atoms with Crippen LogP contribution in [0, 0.1) is 0 Å². The van der Waals surface area contributed by atoms with Crippen LogP contribution in [0.1, 0.15) is 31.7 Å². The van der Waals surface area contributed by atoms with E-state index in [1.165, 1.54) is 19.2 Å². The third kappa shape index (κ3) is 7.62. The van der Waals surface area contributed by atoms with E-state index in [0.717, 1.165) is 16.1 Å². The van der Waals surface area contributed by atoms with Crippen molar-refractivity contribution in [1.29, 1.82) is 0 Å². The van der Waals surface area contributed by atoms with E-state index in [1.807, 2.05) is 37.3 Å². The molecule has 0 aliphatic heterocycles. The number of sulfonamides is 1. The van der Waals surface area contributed by atoms with Gasteiger partial charge in [0, 0.05) is 31.6 Å². The number of halogens is 2. The smallest absolute Gasteiger partial charge is 0.242 e. The lowest BCUT2D eigenvalue weighted by Gasteiger charge is -2.31. The fourth-order valence-corrected chi connectivity index (χ4v) is 4.93. The molecule has 0 saturated heterocycles. The predicted molar refractivity (Wildman–Crippen MR) is 133 cm³/mol. The van der Waals surface area contributed by atoms with Gasteiger partial charge in [-0.25, -0.2) is 8.42 Å². The maximum Gasteiger partial charge on any atom is 0.242 e. The molecular formula is C23H29Cl2N3O4S. The molecule has 0 radical (unpaired) electrons. The Kier molecular flexibility index (Phi) is 10.0. The molecule has 0 aromatic heterocycles. The number of anilines is 1. The first kappa shape index (κ1) is 27.0. The summed E-state index contributed by atoms with van der Waals surface area (Å²) in [5, 5.41) is 3.21. The number of carbonyl (C=O) groups is 2. The van der Waals surface area contributed by atoms with Crippen molar-refractivity contribution in [2.24, 2.45) is 0 Å². The monoisotopic (exact) mass is 513 g/mol. The summed E-state index contributed by atoms with van der Waals surface area (Å²) in [5.74, 6) is -0.481. The largest absolute Gasteiger partial charge is 0.357 e. The van der Waals surface area contributed by atoms with Gasteiger partial charge in [0.15, 0.2) is 0 Å². The molecule has 0 spiro atoms. The summed E-state index contributed by atoms with van der Waals surface area (Å²) >= 11 is 12.2. The Bertz CT molecular complexity index is 1060. The molecular weight excluding hydrogens is 485 g/mol. The normalized spacial score (nSPS) is 12.2. The molecule has 2 aromatic rings. The van der Waals surface area contributed by atoms with E-state index in [-0.39, 0.29) is 48.5 Å². The standard InChI is InChI=1S/C23H29Cl2N3O4S/c1-4-20(23(30)26-2)27(16-17-9-6-5-7-10-17)22(29)11-8-14-28(33(3,31)32)21-15-18(24)12-13-19(21)25/h5-7,9-10,12-13,15,20H,4,8,11,14,16H2,1-3H3,(H,26,30). The molecule has 0 fully saturated rings. The molecule has 0 bridgehead atoms. The molecule has 10 heteroatoms. The first-order chi connectivity index (χ1) is 15.6. The summed E-state index contributed by atoms with van der Waals surface area (Å²) in [6.45, 7) is 2.17. The van der Waals surface area contributed by atoms with Crippen LogP contribution in [0.5, 0.6) is 0 Å². The summed E-state index contributed by atoms with van der Waals surface area (Å²) in [6.07, 6.45) is 1.83. The Labute approximate surface area is 205 Å². The van der Waals surface area contributed by atoms with Crippen LogP contribution in [0.4, 0.5) is 5.69 Å². The Morgan fingerprint density at radius 2 is 1.76 bits per heavy atom. The van der Waals surface area contributed by atoms with Gasteiger partial charge in [0.2, 0.25) is 21.8 Å². The first-order valence-electron chi connectivity index (χ1n) is 10.6. The van der Waals surface area contributed by atoms with Crippen molar-refractivity contribution in [3.05, 3.63) is 64.1 Å². The average molecular weight is 514 g/mol. The number of hydrogen-bond acceptors (Lipinski definition) is 4. The lowest BCUT2D eigenvalue weighted by atomic mass is 10.1. The number of amides is 2. The molecule has 1 N–H and O–H groups in total. The second-order valence-corrected chi connectivity index (χ2v) is 10.3. The number of benzene rings is 2. The third-order valence-corrected chi connectivity index (χ3v) is 6.89. The van der Waals surface area contributed by atoms with E-state index in [1.54, 1.807) is 11.0 Å². The topological polar surface area (TPSA) is 86.8 Å². The van der Waals surface area contributed by atoms with Gasteiger partial charge in [-0.1, -0.05) is 60.5 Å². The summed E-state index contributed by atoms with van der Waals surface area (Å²) in [5.41, 5.74) is 1.16. The van der Waals surface area contributed by atoms with Gasteiger partial charge in [0.1, 0.15) is 6.04 Å². The highest BCUT2D eigenvalue weighted by Crippen LogP contribution is 2.31. The number of nitrogens with one attached hydrogen (secondary N) is 1. The van der Waals surface area contributed by atoms with Crippen molar-refractivity contribution in [2.75, 3.05) is 24.2 Å². The van der Waals surface area contributed by atoms with E-state index >= 15 is 0 Å². The predicted octanol–water partition coefficient (Wildman–Crippen LogP) is 4.09. The number of hydrogen-bond donors (Lipinski definition) is 1. The highest BCUT2D eigenvalue weighted by molar-refractivity contribution is 7.92. The van der Waals surface area contributed by atoms with Crippen LogP contribution in [0.3, 0.4) is 0 Å². The molecule has 180 valence electrons. The van der Waals surface area contributed by atoms with Gasteiger partial charge in [-0.15, -0.1) is 0 Å². The van der Waals surface area contributed by atoms with Crippen LogP contribution in [0.2, 0.25) is 10.0 Å². The van der Waals surface area contributed by atoms with E-state index in [0.29, 0.717) is 11.4 Å². The lowest BCUT2D eigenvalue weighted by molar-refractivity contribution is -0.141. The van der Waals surface area contributed by atoms with Crippen molar-refractivity contribution in [1.82, 2.24) is 10.2 Å². The minimum atomic E-state index is -3.66. The number of carbonyl (C=O) groups excluding carboxylic acids is 2. The first-order valence-corrected chi connectivity index (χ1v) is 13.2. The zero-order valence-corrected chi connectivity index (χ0v) is 21.3. The van der Waals surface area contributed by atoms with Crippen LogP contribution in [0.25, 0.3) is 0 Å². The molecule has 2 amide bonds. The molecule has 2 aromatic carbocycles. The van der Waals surface area contributed by atoms with Gasteiger partial charge >= 0.3 is 0 Å². The Morgan fingerprint density at radius 3 is 2.33 bits per heavy atom. The zero-order chi connectivity index (χ0) is 24.6. The van der Waals surface area contributed by atoms with Gasteiger partial charge < -0.3 is 10.2 Å². The molecule has 7 nitrogen and oxygen atoms in total. The van der Waals surface area contributed by atoms with Crippen LogP contribution < -0.4 is 9.62 Å². The van der Waals surface area contributed by atoms with Gasteiger partial charge in [-0.05, 0) is 36.6 Å². The Morgan fingerprint density at radius 1 is 1.09 bits per heavy atom. The Hall–Kier alpha value is -2.29. The van der Waals surface area contributed by atoms with Gasteiger partial charge in [-0.2, -0.15) is 0 Å². The molecule has 0 heterocycles. The van der Waals surface area contributed by atoms with Crippen LogP contribution >= 0.6 is 23.2 Å². The van der Waals surface area contributed by atoms with Crippen molar-refractivity contribution < 1.29 is 18.0 Å². The summed E-state index contributed by atoms with van der Waals surface area (Å²) < 4.78 is 26.0. The maximum atomic E-state index is 13.2. The molecule has 0 aliphatic rings. The molecule has 0 aliphatic carbocycles. The van der Waals surface area contributed by atoms with Crippen molar-refractivity contribution >= 4 is 50.7 Å². The quantitative estimate of drug-likeness (QED) is 0.490. The lowest BCUT2D eigenvalue weighted by Crippen LogP contribution is -2.48. The Balaban J connectivity index is 2.20. The molecule has 1 unspecified atom stereocenters. The minimum Gasteiger partial charge on any atom is -0.357 e. The van der Waals surface area contributed by atoms with Crippen LogP contribution in [0.15, 0.2) is 48.5 Å². The van der Waals surface area contributed by atoms with Crippen LogP contribution in [-0.4, -0.2) is 51.0 Å². The fourth-order valence-electron chi connectivity index (χ4n) is 3.53. The number of nitrogens with zero attached hydrogens (tertiary/aromatic N) is 2. The number of rotatable bonds is 11.